The highest BCUT2D eigenvalue weighted by molar-refractivity contribution is 6.31. The summed E-state index contributed by atoms with van der Waals surface area (Å²) in [5.74, 6) is 0.00693. The standard InChI is InChI=1S/C17H13ClN2O4/c1-10(16-8-11-4-2-3-5-15(11)24-16)19-17(21)13-7-6-12(18)9-14(13)20(22)23/h2-10H,1H3,(H,19,21)/t10-/m1/s1. The molecule has 24 heavy (non-hydrogen) atoms. The summed E-state index contributed by atoms with van der Waals surface area (Å²) in [5.41, 5.74) is 0.329. The van der Waals surface area contributed by atoms with Gasteiger partial charge in [-0.05, 0) is 31.2 Å². The van der Waals surface area contributed by atoms with Gasteiger partial charge in [0.2, 0.25) is 0 Å². The van der Waals surface area contributed by atoms with Crippen molar-refractivity contribution in [3.63, 3.8) is 0 Å². The van der Waals surface area contributed by atoms with Crippen molar-refractivity contribution < 1.29 is 14.1 Å². The smallest absolute Gasteiger partial charge is 0.283 e. The van der Waals surface area contributed by atoms with Crippen LogP contribution in [-0.2, 0) is 0 Å². The molecule has 0 saturated carbocycles. The van der Waals surface area contributed by atoms with Crippen LogP contribution in [0.2, 0.25) is 5.02 Å². The van der Waals surface area contributed by atoms with E-state index in [0.29, 0.717) is 11.3 Å². The zero-order valence-electron chi connectivity index (χ0n) is 12.7. The number of hydrogen-bond donors (Lipinski definition) is 1. The fourth-order valence-electron chi connectivity index (χ4n) is 2.41. The molecule has 1 N–H and O–H groups in total. The van der Waals surface area contributed by atoms with E-state index in [2.05, 4.69) is 5.32 Å². The number of hydrogen-bond acceptors (Lipinski definition) is 4. The summed E-state index contributed by atoms with van der Waals surface area (Å²) < 4.78 is 5.69. The quantitative estimate of drug-likeness (QED) is 0.558. The van der Waals surface area contributed by atoms with E-state index in [9.17, 15) is 14.9 Å². The van der Waals surface area contributed by atoms with Crippen LogP contribution in [-0.4, -0.2) is 10.8 Å². The number of benzene rings is 2. The Hall–Kier alpha value is -2.86. The van der Waals surface area contributed by atoms with Crippen LogP contribution in [0.25, 0.3) is 11.0 Å². The van der Waals surface area contributed by atoms with Gasteiger partial charge < -0.3 is 9.73 Å². The number of nitro groups is 1. The number of halogens is 1. The second kappa shape index (κ2) is 6.33. The molecular formula is C17H13ClN2O4. The van der Waals surface area contributed by atoms with Gasteiger partial charge in [-0.25, -0.2) is 0 Å². The topological polar surface area (TPSA) is 85.4 Å². The van der Waals surface area contributed by atoms with Gasteiger partial charge >= 0.3 is 0 Å². The first kappa shape index (κ1) is 16.0. The lowest BCUT2D eigenvalue weighted by molar-refractivity contribution is -0.385. The first-order valence-corrected chi connectivity index (χ1v) is 7.57. The zero-order valence-corrected chi connectivity index (χ0v) is 13.4. The third-order valence-corrected chi connectivity index (χ3v) is 3.86. The maximum Gasteiger partial charge on any atom is 0.283 e. The van der Waals surface area contributed by atoms with Crippen LogP contribution in [0.15, 0.2) is 52.9 Å². The fraction of sp³-hybridized carbons (Fsp3) is 0.118. The van der Waals surface area contributed by atoms with Gasteiger partial charge in [-0.15, -0.1) is 0 Å². The van der Waals surface area contributed by atoms with E-state index < -0.39 is 16.9 Å². The van der Waals surface area contributed by atoms with Crippen LogP contribution in [0, 0.1) is 10.1 Å². The van der Waals surface area contributed by atoms with Gasteiger partial charge in [-0.1, -0.05) is 29.8 Å². The number of furan rings is 1. The van der Waals surface area contributed by atoms with E-state index in [-0.39, 0.29) is 16.3 Å². The summed E-state index contributed by atoms with van der Waals surface area (Å²) in [5, 5.41) is 14.9. The summed E-state index contributed by atoms with van der Waals surface area (Å²) in [6.45, 7) is 1.75. The van der Waals surface area contributed by atoms with Crippen LogP contribution < -0.4 is 5.32 Å². The minimum absolute atomic E-state index is 0.0487. The van der Waals surface area contributed by atoms with E-state index in [0.717, 1.165) is 11.5 Å². The molecule has 6 nitrogen and oxygen atoms in total. The van der Waals surface area contributed by atoms with Gasteiger partial charge in [-0.2, -0.15) is 0 Å². The number of carbonyl (C=O) groups excluding carboxylic acids is 1. The lowest BCUT2D eigenvalue weighted by Gasteiger charge is -2.11. The van der Waals surface area contributed by atoms with Crippen molar-refractivity contribution >= 4 is 34.2 Å². The predicted octanol–water partition coefficient (Wildman–Crippen LogP) is 4.49. The van der Waals surface area contributed by atoms with Gasteiger partial charge in [0.25, 0.3) is 11.6 Å². The first-order chi connectivity index (χ1) is 11.5. The Labute approximate surface area is 142 Å². The van der Waals surface area contributed by atoms with Crippen LogP contribution in [0.3, 0.4) is 0 Å². The zero-order chi connectivity index (χ0) is 17.3. The van der Waals surface area contributed by atoms with Crippen molar-refractivity contribution in [1.29, 1.82) is 0 Å². The Bertz CT molecular complexity index is 902. The third-order valence-electron chi connectivity index (χ3n) is 3.62. The monoisotopic (exact) mass is 344 g/mol. The number of nitro benzene ring substituents is 1. The molecule has 0 saturated heterocycles. The van der Waals surface area contributed by atoms with Crippen molar-refractivity contribution in [3.8, 4) is 0 Å². The molecule has 0 spiro atoms. The third kappa shape index (κ3) is 3.09. The molecule has 0 radical (unpaired) electrons. The molecule has 1 amide bonds. The molecule has 1 aromatic heterocycles. The Kier molecular flexibility index (Phi) is 4.22. The molecule has 3 aromatic rings. The molecule has 0 unspecified atom stereocenters. The fourth-order valence-corrected chi connectivity index (χ4v) is 2.58. The summed E-state index contributed by atoms with van der Waals surface area (Å²) in [7, 11) is 0. The molecule has 0 aliphatic rings. The van der Waals surface area contributed by atoms with Crippen molar-refractivity contribution in [3.05, 3.63) is 75.0 Å². The van der Waals surface area contributed by atoms with E-state index in [4.69, 9.17) is 16.0 Å². The molecular weight excluding hydrogens is 332 g/mol. The van der Waals surface area contributed by atoms with Gasteiger partial charge in [0.1, 0.15) is 16.9 Å². The average Bonchev–Trinajstić information content (AvgIpc) is 2.98. The minimum Gasteiger partial charge on any atom is -0.459 e. The normalized spacial score (nSPS) is 12.1. The van der Waals surface area contributed by atoms with Crippen molar-refractivity contribution in [2.75, 3.05) is 0 Å². The number of nitrogens with zero attached hydrogens (tertiary/aromatic N) is 1. The molecule has 0 aliphatic heterocycles. The lowest BCUT2D eigenvalue weighted by Crippen LogP contribution is -2.27. The minimum atomic E-state index is -0.632. The maximum atomic E-state index is 12.4. The van der Waals surface area contributed by atoms with Gasteiger partial charge in [0.15, 0.2) is 0 Å². The van der Waals surface area contributed by atoms with Crippen LogP contribution in [0.4, 0.5) is 5.69 Å². The lowest BCUT2D eigenvalue weighted by atomic mass is 10.1. The Morgan fingerprint density at radius 2 is 2.00 bits per heavy atom. The molecule has 3 rings (SSSR count). The highest BCUT2D eigenvalue weighted by Crippen LogP contribution is 2.26. The molecule has 7 heteroatoms. The van der Waals surface area contributed by atoms with E-state index >= 15 is 0 Å². The Morgan fingerprint density at radius 3 is 2.71 bits per heavy atom. The van der Waals surface area contributed by atoms with Gasteiger partial charge in [-0.3, -0.25) is 14.9 Å². The van der Waals surface area contributed by atoms with Crippen LogP contribution in [0.5, 0.6) is 0 Å². The summed E-state index contributed by atoms with van der Waals surface area (Å²) in [6.07, 6.45) is 0. The Morgan fingerprint density at radius 1 is 1.25 bits per heavy atom. The average molecular weight is 345 g/mol. The van der Waals surface area contributed by atoms with Crippen molar-refractivity contribution in [2.45, 2.75) is 13.0 Å². The maximum absolute atomic E-state index is 12.4. The van der Waals surface area contributed by atoms with Crippen molar-refractivity contribution in [1.82, 2.24) is 5.32 Å². The van der Waals surface area contributed by atoms with Crippen LogP contribution in [0.1, 0.15) is 29.1 Å². The molecule has 1 atom stereocenters. The molecule has 0 fully saturated rings. The summed E-state index contributed by atoms with van der Waals surface area (Å²) in [4.78, 5) is 22.8. The number of carbonyl (C=O) groups is 1. The van der Waals surface area contributed by atoms with Gasteiger partial charge in [0.05, 0.1) is 11.0 Å². The summed E-state index contributed by atoms with van der Waals surface area (Å²) >= 11 is 5.76. The predicted molar refractivity (Wildman–Crippen MR) is 90.2 cm³/mol. The number of rotatable bonds is 4. The van der Waals surface area contributed by atoms with E-state index in [1.165, 1.54) is 12.1 Å². The Balaban J connectivity index is 1.85. The molecule has 0 aliphatic carbocycles. The second-order valence-corrected chi connectivity index (χ2v) is 5.74. The number of fused-ring (bicyclic) bond motifs is 1. The van der Waals surface area contributed by atoms with Crippen molar-refractivity contribution in [2.24, 2.45) is 0 Å². The highest BCUT2D eigenvalue weighted by atomic mass is 35.5. The van der Waals surface area contributed by atoms with E-state index in [1.54, 1.807) is 6.92 Å². The van der Waals surface area contributed by atoms with E-state index in [1.807, 2.05) is 30.3 Å². The molecule has 0 bridgehead atoms. The summed E-state index contributed by atoms with van der Waals surface area (Å²) in [6, 6.07) is 12.8. The SMILES string of the molecule is C[C@@H](NC(=O)c1ccc(Cl)cc1[N+](=O)[O-])c1cc2ccccc2o1. The largest absolute Gasteiger partial charge is 0.459 e. The number of nitrogens with one attached hydrogen (secondary N) is 1. The molecule has 1 heterocycles. The van der Waals surface area contributed by atoms with Crippen LogP contribution >= 0.6 is 11.6 Å². The number of para-hydroxylation sites is 1. The number of amides is 1. The molecule has 2 aromatic carbocycles. The molecule has 122 valence electrons. The second-order valence-electron chi connectivity index (χ2n) is 5.30. The first-order valence-electron chi connectivity index (χ1n) is 7.19. The highest BCUT2D eigenvalue weighted by Gasteiger charge is 2.23. The van der Waals surface area contributed by atoms with Gasteiger partial charge in [0, 0.05) is 16.5 Å².